The van der Waals surface area contributed by atoms with E-state index in [1.807, 2.05) is 47.4 Å². The Balaban J connectivity index is 1.10. The van der Waals surface area contributed by atoms with E-state index >= 15 is 0 Å². The number of anilines is 1. The predicted octanol–water partition coefficient (Wildman–Crippen LogP) is 7.19. The number of carbonyl (C=O) groups excluding carboxylic acids is 1. The number of hydrogen-bond acceptors (Lipinski definition) is 5. The van der Waals surface area contributed by atoms with E-state index in [0.717, 1.165) is 69.4 Å². The molecule has 0 unspecified atom stereocenters. The maximum absolute atomic E-state index is 14.3. The minimum Gasteiger partial charge on any atom is -0.382 e. The SMILES string of the molecule is Cc1cc(N[C@H]2CC[C@H](N[C@H](Cc3ccc(Cl)cc3)C(=O)N3CCC(Cn4cncn4)(C4CCCCC4)CC3)CC2)ccc1F. The molecule has 2 saturated carbocycles. The molecule has 1 aromatic heterocycles. The van der Waals surface area contributed by atoms with Gasteiger partial charge in [0.2, 0.25) is 5.91 Å². The first-order valence-electron chi connectivity index (χ1n) is 17.0. The molecule has 2 aromatic carbocycles. The smallest absolute Gasteiger partial charge is 0.240 e. The van der Waals surface area contributed by atoms with Crippen LogP contribution in [0.25, 0.3) is 0 Å². The van der Waals surface area contributed by atoms with E-state index in [-0.39, 0.29) is 29.2 Å². The number of carbonyl (C=O) groups is 1. The highest BCUT2D eigenvalue weighted by atomic mass is 35.5. The molecule has 0 bridgehead atoms. The van der Waals surface area contributed by atoms with Gasteiger partial charge in [-0.3, -0.25) is 9.48 Å². The van der Waals surface area contributed by atoms with E-state index in [4.69, 9.17) is 11.6 Å². The van der Waals surface area contributed by atoms with Crippen LogP contribution < -0.4 is 10.6 Å². The van der Waals surface area contributed by atoms with E-state index < -0.39 is 0 Å². The first kappa shape index (κ1) is 32.0. The highest BCUT2D eigenvalue weighted by Gasteiger charge is 2.44. The van der Waals surface area contributed by atoms with Crippen molar-refractivity contribution in [2.24, 2.45) is 11.3 Å². The largest absolute Gasteiger partial charge is 0.382 e. The lowest BCUT2D eigenvalue weighted by atomic mass is 9.63. The van der Waals surface area contributed by atoms with Gasteiger partial charge in [-0.1, -0.05) is 43.0 Å². The Morgan fingerprint density at radius 2 is 1.71 bits per heavy atom. The third-order valence-corrected chi connectivity index (χ3v) is 11.1. The van der Waals surface area contributed by atoms with Crippen LogP contribution >= 0.6 is 11.6 Å². The molecule has 6 rings (SSSR count). The summed E-state index contributed by atoms with van der Waals surface area (Å²) >= 11 is 6.19. The number of rotatable bonds is 10. The Morgan fingerprint density at radius 1 is 1.00 bits per heavy atom. The van der Waals surface area contributed by atoms with Gasteiger partial charge in [-0.05, 0) is 118 Å². The number of halogens is 2. The molecule has 3 aromatic rings. The molecular formula is C36H48ClFN6O. The highest BCUT2D eigenvalue weighted by Crippen LogP contribution is 2.47. The number of piperidine rings is 1. The first-order chi connectivity index (χ1) is 21.9. The van der Waals surface area contributed by atoms with E-state index in [0.29, 0.717) is 29.0 Å². The van der Waals surface area contributed by atoms with Crippen LogP contribution in [0.4, 0.5) is 10.1 Å². The van der Waals surface area contributed by atoms with Crippen molar-refractivity contribution in [1.82, 2.24) is 25.0 Å². The summed E-state index contributed by atoms with van der Waals surface area (Å²) in [6.07, 6.45) is 16.6. The fourth-order valence-electron chi connectivity index (χ4n) is 8.17. The molecule has 2 aliphatic carbocycles. The van der Waals surface area contributed by atoms with Crippen molar-refractivity contribution < 1.29 is 9.18 Å². The molecular weight excluding hydrogens is 587 g/mol. The fourth-order valence-corrected chi connectivity index (χ4v) is 8.30. The second kappa shape index (κ2) is 14.6. The molecule has 242 valence electrons. The molecule has 1 atom stereocenters. The van der Waals surface area contributed by atoms with Gasteiger partial charge in [-0.15, -0.1) is 0 Å². The summed E-state index contributed by atoms with van der Waals surface area (Å²) in [4.78, 5) is 20.6. The van der Waals surface area contributed by atoms with Gasteiger partial charge >= 0.3 is 0 Å². The van der Waals surface area contributed by atoms with Crippen LogP contribution in [0.1, 0.15) is 81.8 Å². The highest BCUT2D eigenvalue weighted by molar-refractivity contribution is 6.30. The molecule has 3 aliphatic rings. The number of benzene rings is 2. The molecule has 7 nitrogen and oxygen atoms in total. The molecule has 3 fully saturated rings. The van der Waals surface area contributed by atoms with Crippen molar-refractivity contribution in [2.45, 2.75) is 109 Å². The summed E-state index contributed by atoms with van der Waals surface area (Å²) < 4.78 is 15.8. The Labute approximate surface area is 272 Å². The van der Waals surface area contributed by atoms with Gasteiger partial charge in [-0.2, -0.15) is 5.10 Å². The van der Waals surface area contributed by atoms with Gasteiger partial charge in [0.05, 0.1) is 6.04 Å². The molecule has 1 saturated heterocycles. The summed E-state index contributed by atoms with van der Waals surface area (Å²) in [5.41, 5.74) is 2.91. The van der Waals surface area contributed by atoms with Crippen LogP contribution in [0, 0.1) is 24.1 Å². The van der Waals surface area contributed by atoms with Gasteiger partial charge in [0.15, 0.2) is 0 Å². The Morgan fingerprint density at radius 3 is 2.38 bits per heavy atom. The second-order valence-corrected chi connectivity index (χ2v) is 14.3. The van der Waals surface area contributed by atoms with Crippen LogP contribution in [-0.4, -0.2) is 56.8 Å². The van der Waals surface area contributed by atoms with Crippen molar-refractivity contribution >= 4 is 23.2 Å². The lowest BCUT2D eigenvalue weighted by Gasteiger charge is -2.48. The standard InChI is InChI=1S/C36H48ClFN6O/c1-26-21-32(15-16-33(26)38)41-30-11-13-31(14-12-30)42-34(22-27-7-9-29(37)10-8-27)35(45)43-19-17-36(18-20-43,23-44-25-39-24-40-44)28-5-3-2-4-6-28/h7-10,15-16,21,24-25,28,30-31,34,41-42H,2-6,11-14,17-20,22-23H2,1H3/t30-,31-,34-/m1/s1. The van der Waals surface area contributed by atoms with Crippen molar-refractivity contribution in [3.05, 3.63) is 77.1 Å². The van der Waals surface area contributed by atoms with Crippen molar-refractivity contribution in [3.63, 3.8) is 0 Å². The van der Waals surface area contributed by atoms with Gasteiger partial charge in [0.1, 0.15) is 18.5 Å². The Bertz CT molecular complexity index is 1380. The summed E-state index contributed by atoms with van der Waals surface area (Å²) in [6, 6.07) is 13.5. The van der Waals surface area contributed by atoms with Gasteiger partial charge < -0.3 is 15.5 Å². The molecule has 1 amide bonds. The van der Waals surface area contributed by atoms with E-state index in [2.05, 4.69) is 25.6 Å². The second-order valence-electron chi connectivity index (χ2n) is 13.8. The summed E-state index contributed by atoms with van der Waals surface area (Å²) in [7, 11) is 0. The molecule has 0 spiro atoms. The van der Waals surface area contributed by atoms with Crippen LogP contribution in [0.5, 0.6) is 0 Å². The minimum atomic E-state index is -0.280. The molecule has 2 N–H and O–H groups in total. The Kier molecular flexibility index (Phi) is 10.4. The van der Waals surface area contributed by atoms with E-state index in [9.17, 15) is 9.18 Å². The molecule has 45 heavy (non-hydrogen) atoms. The number of likely N-dealkylation sites (tertiary alicyclic amines) is 1. The lowest BCUT2D eigenvalue weighted by Crippen LogP contribution is -2.55. The van der Waals surface area contributed by atoms with Gasteiger partial charge in [-0.25, -0.2) is 9.37 Å². The zero-order valence-electron chi connectivity index (χ0n) is 26.6. The normalized spacial score (nSPS) is 23.0. The summed E-state index contributed by atoms with van der Waals surface area (Å²) in [5.74, 6) is 0.719. The lowest BCUT2D eigenvalue weighted by molar-refractivity contribution is -0.137. The van der Waals surface area contributed by atoms with Crippen molar-refractivity contribution in [3.8, 4) is 0 Å². The van der Waals surface area contributed by atoms with E-state index in [1.165, 1.54) is 38.2 Å². The average molecular weight is 635 g/mol. The molecule has 2 heterocycles. The van der Waals surface area contributed by atoms with Crippen LogP contribution in [0.2, 0.25) is 5.02 Å². The Hall–Kier alpha value is -2.97. The topological polar surface area (TPSA) is 75.1 Å². The number of hydrogen-bond donors (Lipinski definition) is 2. The van der Waals surface area contributed by atoms with Gasteiger partial charge in [0, 0.05) is 42.4 Å². The third-order valence-electron chi connectivity index (χ3n) is 10.8. The summed E-state index contributed by atoms with van der Waals surface area (Å²) in [6.45, 7) is 4.27. The van der Waals surface area contributed by atoms with Crippen LogP contribution in [0.3, 0.4) is 0 Å². The molecule has 0 radical (unpaired) electrons. The number of aromatic nitrogens is 3. The number of aryl methyl sites for hydroxylation is 1. The zero-order chi connectivity index (χ0) is 31.2. The number of nitrogens with zero attached hydrogens (tertiary/aromatic N) is 4. The van der Waals surface area contributed by atoms with Gasteiger partial charge in [0.25, 0.3) is 0 Å². The minimum absolute atomic E-state index is 0.165. The fraction of sp³-hybridized carbons (Fsp3) is 0.583. The first-order valence-corrected chi connectivity index (χ1v) is 17.4. The van der Waals surface area contributed by atoms with Crippen LogP contribution in [-0.2, 0) is 17.8 Å². The van der Waals surface area contributed by atoms with E-state index in [1.54, 1.807) is 13.3 Å². The molecule has 9 heteroatoms. The number of amides is 1. The predicted molar refractivity (Wildman–Crippen MR) is 178 cm³/mol. The van der Waals surface area contributed by atoms with Crippen molar-refractivity contribution in [1.29, 1.82) is 0 Å². The number of nitrogens with one attached hydrogen (secondary N) is 2. The third kappa shape index (κ3) is 8.07. The van der Waals surface area contributed by atoms with Crippen molar-refractivity contribution in [2.75, 3.05) is 18.4 Å². The maximum Gasteiger partial charge on any atom is 0.240 e. The average Bonchev–Trinajstić information content (AvgIpc) is 3.58. The quantitative estimate of drug-likeness (QED) is 0.247. The zero-order valence-corrected chi connectivity index (χ0v) is 27.3. The van der Waals surface area contributed by atoms with Crippen LogP contribution in [0.15, 0.2) is 55.1 Å². The summed E-state index contributed by atoms with van der Waals surface area (Å²) in [5, 5.41) is 12.6. The monoisotopic (exact) mass is 634 g/mol. The maximum atomic E-state index is 14.3. The molecule has 1 aliphatic heterocycles.